The molecule has 2 aliphatic rings. The number of benzene rings is 2. The third kappa shape index (κ3) is 4.02. The minimum Gasteiger partial charge on any atom is -0.494 e. The number of halogens is 1. The van der Waals surface area contributed by atoms with Gasteiger partial charge in [0.2, 0.25) is 5.76 Å². The molecule has 3 aromatic rings. The highest BCUT2D eigenvalue weighted by molar-refractivity contribution is 5.99. The standard InChI is InChI=1S/C26H26FNO5/c1-2-3-12-31-18-9-6-16(7-10-18)23-22-24(29)20-14-17(27)8-11-21(20)33-25(22)26(30)28(23)15-19-5-4-13-32-19/h6-11,14,19,23H,2-5,12-13,15H2,1H3. The molecule has 2 atom stereocenters. The molecule has 0 bridgehead atoms. The number of fused-ring (bicyclic) bond motifs is 2. The van der Waals surface area contributed by atoms with Crippen LogP contribution in [0.2, 0.25) is 0 Å². The van der Waals surface area contributed by atoms with Crippen LogP contribution < -0.4 is 10.2 Å². The second-order valence-electron chi connectivity index (χ2n) is 8.58. The topological polar surface area (TPSA) is 69.0 Å². The lowest BCUT2D eigenvalue weighted by Gasteiger charge is -2.27. The fourth-order valence-electron chi connectivity index (χ4n) is 4.62. The SMILES string of the molecule is CCCCOc1ccc(C2c3c(oc4ccc(F)cc4c3=O)C(=O)N2CC2CCCO2)cc1. The predicted molar refractivity (Wildman–Crippen MR) is 121 cm³/mol. The van der Waals surface area contributed by atoms with Gasteiger partial charge in [0.05, 0.1) is 29.7 Å². The zero-order valence-electron chi connectivity index (χ0n) is 18.5. The van der Waals surface area contributed by atoms with E-state index < -0.39 is 11.9 Å². The molecule has 0 spiro atoms. The summed E-state index contributed by atoms with van der Waals surface area (Å²) < 4.78 is 31.3. The Morgan fingerprint density at radius 1 is 1.15 bits per heavy atom. The summed E-state index contributed by atoms with van der Waals surface area (Å²) in [5.74, 6) is -0.127. The van der Waals surface area contributed by atoms with Crippen molar-refractivity contribution in [3.8, 4) is 5.75 Å². The minimum atomic E-state index is -0.634. The van der Waals surface area contributed by atoms with Crippen molar-refractivity contribution in [3.63, 3.8) is 0 Å². The van der Waals surface area contributed by atoms with Crippen LogP contribution in [0.1, 0.15) is 60.3 Å². The molecule has 7 heteroatoms. The molecule has 1 saturated heterocycles. The largest absolute Gasteiger partial charge is 0.494 e. The summed E-state index contributed by atoms with van der Waals surface area (Å²) >= 11 is 0. The lowest BCUT2D eigenvalue weighted by atomic mass is 9.98. The normalized spacial score (nSPS) is 19.9. The molecule has 2 aromatic carbocycles. The number of nitrogens with zero attached hydrogens (tertiary/aromatic N) is 1. The first kappa shape index (κ1) is 21.6. The summed E-state index contributed by atoms with van der Waals surface area (Å²) in [5.41, 5.74) is 0.829. The van der Waals surface area contributed by atoms with E-state index in [1.165, 1.54) is 12.1 Å². The van der Waals surface area contributed by atoms with E-state index in [0.717, 1.165) is 43.1 Å². The third-order valence-electron chi connectivity index (χ3n) is 6.31. The van der Waals surface area contributed by atoms with E-state index in [4.69, 9.17) is 13.9 Å². The van der Waals surface area contributed by atoms with Crippen LogP contribution in [0.25, 0.3) is 11.0 Å². The Hall–Kier alpha value is -3.19. The fraction of sp³-hybridized carbons (Fsp3) is 0.385. The Balaban J connectivity index is 1.58. The molecule has 0 aliphatic carbocycles. The summed E-state index contributed by atoms with van der Waals surface area (Å²) in [4.78, 5) is 28.5. The van der Waals surface area contributed by atoms with E-state index in [1.54, 1.807) is 4.90 Å². The Morgan fingerprint density at radius 2 is 1.97 bits per heavy atom. The lowest BCUT2D eigenvalue weighted by Crippen LogP contribution is -2.36. The Labute approximate surface area is 190 Å². The van der Waals surface area contributed by atoms with Gasteiger partial charge in [0.25, 0.3) is 5.91 Å². The molecule has 1 fully saturated rings. The van der Waals surface area contributed by atoms with Crippen LogP contribution in [-0.2, 0) is 4.74 Å². The van der Waals surface area contributed by atoms with Gasteiger partial charge in [-0.2, -0.15) is 0 Å². The van der Waals surface area contributed by atoms with E-state index in [1.807, 2.05) is 24.3 Å². The predicted octanol–water partition coefficient (Wildman–Crippen LogP) is 4.84. The van der Waals surface area contributed by atoms with Crippen molar-refractivity contribution in [2.75, 3.05) is 19.8 Å². The van der Waals surface area contributed by atoms with Crippen molar-refractivity contribution >= 4 is 16.9 Å². The number of rotatable bonds is 7. The number of ether oxygens (including phenoxy) is 2. The Kier molecular flexibility index (Phi) is 5.89. The summed E-state index contributed by atoms with van der Waals surface area (Å²) in [5, 5.41) is 0.130. The first-order valence-electron chi connectivity index (χ1n) is 11.5. The van der Waals surface area contributed by atoms with Gasteiger partial charge in [-0.25, -0.2) is 4.39 Å². The van der Waals surface area contributed by atoms with Crippen molar-refractivity contribution in [2.24, 2.45) is 0 Å². The van der Waals surface area contributed by atoms with Gasteiger partial charge in [-0.3, -0.25) is 9.59 Å². The van der Waals surface area contributed by atoms with Gasteiger partial charge in [-0.1, -0.05) is 25.5 Å². The summed E-state index contributed by atoms with van der Waals surface area (Å²) in [6, 6.07) is 10.6. The van der Waals surface area contributed by atoms with E-state index >= 15 is 0 Å². The lowest BCUT2D eigenvalue weighted by molar-refractivity contribution is 0.0486. The molecule has 0 N–H and O–H groups in total. The van der Waals surface area contributed by atoms with Crippen LogP contribution in [-0.4, -0.2) is 36.7 Å². The van der Waals surface area contributed by atoms with Gasteiger partial charge in [0, 0.05) is 13.2 Å². The van der Waals surface area contributed by atoms with Gasteiger partial charge >= 0.3 is 0 Å². The van der Waals surface area contributed by atoms with Crippen LogP contribution in [0.4, 0.5) is 4.39 Å². The quantitative estimate of drug-likeness (QED) is 0.481. The second-order valence-corrected chi connectivity index (χ2v) is 8.58. The number of hydrogen-bond acceptors (Lipinski definition) is 5. The number of amides is 1. The minimum absolute atomic E-state index is 0.0189. The summed E-state index contributed by atoms with van der Waals surface area (Å²) in [7, 11) is 0. The molecule has 172 valence electrons. The van der Waals surface area contributed by atoms with Gasteiger partial charge in [0.1, 0.15) is 17.1 Å². The average Bonchev–Trinajstić information content (AvgIpc) is 3.43. The Bertz CT molecular complexity index is 1230. The highest BCUT2D eigenvalue weighted by Crippen LogP contribution is 2.39. The van der Waals surface area contributed by atoms with Gasteiger partial charge in [-0.05, 0) is 55.2 Å². The van der Waals surface area contributed by atoms with Crippen LogP contribution in [0.5, 0.6) is 5.75 Å². The highest BCUT2D eigenvalue weighted by Gasteiger charge is 2.43. The molecule has 1 aromatic heterocycles. The summed E-state index contributed by atoms with van der Waals surface area (Å²) in [6.07, 6.45) is 3.71. The van der Waals surface area contributed by atoms with E-state index in [9.17, 15) is 14.0 Å². The molecule has 5 rings (SSSR count). The first-order chi connectivity index (χ1) is 16.1. The third-order valence-corrected chi connectivity index (χ3v) is 6.31. The van der Waals surface area contributed by atoms with Crippen LogP contribution in [0, 0.1) is 5.82 Å². The maximum absolute atomic E-state index is 13.9. The molecule has 33 heavy (non-hydrogen) atoms. The zero-order chi connectivity index (χ0) is 22.9. The van der Waals surface area contributed by atoms with Crippen molar-refractivity contribution in [1.29, 1.82) is 0 Å². The molecule has 0 radical (unpaired) electrons. The average molecular weight is 451 g/mol. The number of carbonyl (C=O) groups is 1. The van der Waals surface area contributed by atoms with Crippen LogP contribution in [0.3, 0.4) is 0 Å². The molecule has 2 aliphatic heterocycles. The van der Waals surface area contributed by atoms with Gasteiger partial charge in [0.15, 0.2) is 5.43 Å². The molecule has 6 nitrogen and oxygen atoms in total. The Morgan fingerprint density at radius 3 is 2.70 bits per heavy atom. The summed E-state index contributed by atoms with van der Waals surface area (Å²) in [6.45, 7) is 3.75. The molecular weight excluding hydrogens is 425 g/mol. The van der Waals surface area contributed by atoms with Gasteiger partial charge < -0.3 is 18.8 Å². The number of unbranched alkanes of at least 4 members (excludes halogenated alkanes) is 1. The molecule has 0 saturated carbocycles. The van der Waals surface area contributed by atoms with Crippen molar-refractivity contribution in [2.45, 2.75) is 44.8 Å². The number of carbonyl (C=O) groups excluding carboxylic acids is 1. The maximum Gasteiger partial charge on any atom is 0.291 e. The molecule has 1 amide bonds. The van der Waals surface area contributed by atoms with E-state index in [0.29, 0.717) is 19.8 Å². The molecule has 2 unspecified atom stereocenters. The monoisotopic (exact) mass is 451 g/mol. The zero-order valence-corrected chi connectivity index (χ0v) is 18.5. The molecule has 3 heterocycles. The second kappa shape index (κ2) is 8.98. The highest BCUT2D eigenvalue weighted by atomic mass is 19.1. The van der Waals surface area contributed by atoms with Crippen molar-refractivity contribution < 1.29 is 23.1 Å². The number of hydrogen-bond donors (Lipinski definition) is 0. The fourth-order valence-corrected chi connectivity index (χ4v) is 4.62. The van der Waals surface area contributed by atoms with E-state index in [2.05, 4.69) is 6.92 Å². The smallest absolute Gasteiger partial charge is 0.291 e. The van der Waals surface area contributed by atoms with Crippen molar-refractivity contribution in [1.82, 2.24) is 4.90 Å². The first-order valence-corrected chi connectivity index (χ1v) is 11.5. The van der Waals surface area contributed by atoms with Gasteiger partial charge in [-0.15, -0.1) is 0 Å². The van der Waals surface area contributed by atoms with Crippen LogP contribution in [0.15, 0.2) is 51.7 Å². The van der Waals surface area contributed by atoms with Crippen molar-refractivity contribution in [3.05, 3.63) is 75.4 Å². The maximum atomic E-state index is 13.9. The van der Waals surface area contributed by atoms with Crippen LogP contribution >= 0.6 is 0 Å². The van der Waals surface area contributed by atoms with E-state index in [-0.39, 0.29) is 39.7 Å². The molecular formula is C26H26FNO5.